The standard InChI is InChI=1S/C14H19NO4S/c16-14(17)7-4-9-15(12-5-2-1-3-6-12)13-8-10-20(18,19)11-13/h1-3,5-6,13H,4,7-11H2,(H,16,17). The van der Waals surface area contributed by atoms with Crippen molar-refractivity contribution in [3.63, 3.8) is 0 Å². The molecule has 1 aromatic carbocycles. The molecule has 1 aromatic rings. The van der Waals surface area contributed by atoms with Gasteiger partial charge in [0, 0.05) is 24.7 Å². The predicted octanol–water partition coefficient (Wildman–Crippen LogP) is 1.54. The number of hydrogen-bond donors (Lipinski definition) is 1. The van der Waals surface area contributed by atoms with Crippen LogP contribution in [0.2, 0.25) is 0 Å². The van der Waals surface area contributed by atoms with E-state index in [-0.39, 0.29) is 24.0 Å². The summed E-state index contributed by atoms with van der Waals surface area (Å²) in [7, 11) is -2.95. The van der Waals surface area contributed by atoms with E-state index in [0.29, 0.717) is 19.4 Å². The molecular weight excluding hydrogens is 278 g/mol. The summed E-state index contributed by atoms with van der Waals surface area (Å²) in [5.41, 5.74) is 0.958. The molecule has 6 heteroatoms. The molecule has 20 heavy (non-hydrogen) atoms. The van der Waals surface area contributed by atoms with Gasteiger partial charge in [-0.05, 0) is 25.0 Å². The Bertz CT molecular complexity index is 556. The predicted molar refractivity (Wildman–Crippen MR) is 77.7 cm³/mol. The summed E-state index contributed by atoms with van der Waals surface area (Å²) in [6, 6.07) is 9.55. The summed E-state index contributed by atoms with van der Waals surface area (Å²) in [5, 5.41) is 8.73. The van der Waals surface area contributed by atoms with Gasteiger partial charge in [-0.1, -0.05) is 18.2 Å². The Hall–Kier alpha value is -1.56. The molecule has 110 valence electrons. The Morgan fingerprint density at radius 3 is 2.55 bits per heavy atom. The lowest BCUT2D eigenvalue weighted by Gasteiger charge is -2.30. The fourth-order valence-electron chi connectivity index (χ4n) is 2.56. The zero-order valence-electron chi connectivity index (χ0n) is 11.2. The first-order chi connectivity index (χ1) is 9.48. The van der Waals surface area contributed by atoms with Crippen LogP contribution < -0.4 is 4.90 Å². The molecule has 0 spiro atoms. The fourth-order valence-corrected chi connectivity index (χ4v) is 4.29. The summed E-state index contributed by atoms with van der Waals surface area (Å²) in [4.78, 5) is 12.7. The van der Waals surface area contributed by atoms with Crippen molar-refractivity contribution in [3.05, 3.63) is 30.3 Å². The fraction of sp³-hybridized carbons (Fsp3) is 0.500. The van der Waals surface area contributed by atoms with E-state index in [0.717, 1.165) is 5.69 Å². The zero-order valence-corrected chi connectivity index (χ0v) is 12.1. The lowest BCUT2D eigenvalue weighted by atomic mass is 10.1. The number of hydrogen-bond acceptors (Lipinski definition) is 4. The normalized spacial score (nSPS) is 20.7. The third-order valence-electron chi connectivity index (χ3n) is 3.53. The number of sulfone groups is 1. The quantitative estimate of drug-likeness (QED) is 0.862. The highest BCUT2D eigenvalue weighted by Crippen LogP contribution is 2.24. The van der Waals surface area contributed by atoms with Gasteiger partial charge in [0.25, 0.3) is 0 Å². The van der Waals surface area contributed by atoms with Gasteiger partial charge in [-0.15, -0.1) is 0 Å². The van der Waals surface area contributed by atoms with Crippen molar-refractivity contribution in [3.8, 4) is 0 Å². The molecule has 5 nitrogen and oxygen atoms in total. The third-order valence-corrected chi connectivity index (χ3v) is 5.28. The van der Waals surface area contributed by atoms with Crippen LogP contribution in [0.3, 0.4) is 0 Å². The Kier molecular flexibility index (Phi) is 4.65. The van der Waals surface area contributed by atoms with Gasteiger partial charge >= 0.3 is 5.97 Å². The van der Waals surface area contributed by atoms with E-state index in [1.165, 1.54) is 0 Å². The smallest absolute Gasteiger partial charge is 0.303 e. The summed E-state index contributed by atoms with van der Waals surface area (Å²) in [5.74, 6) is -0.438. The first kappa shape index (κ1) is 14.8. The molecule has 1 atom stereocenters. The maximum atomic E-state index is 11.6. The van der Waals surface area contributed by atoms with E-state index in [4.69, 9.17) is 5.11 Å². The molecular formula is C14H19NO4S. The van der Waals surface area contributed by atoms with Crippen LogP contribution >= 0.6 is 0 Å². The number of carboxylic acids is 1. The number of benzene rings is 1. The molecule has 1 heterocycles. The minimum Gasteiger partial charge on any atom is -0.481 e. The van der Waals surface area contributed by atoms with Crippen LogP contribution in [-0.2, 0) is 14.6 Å². The highest BCUT2D eigenvalue weighted by molar-refractivity contribution is 7.91. The van der Waals surface area contributed by atoms with Gasteiger partial charge in [-0.2, -0.15) is 0 Å². The Morgan fingerprint density at radius 1 is 1.30 bits per heavy atom. The molecule has 0 aromatic heterocycles. The summed E-state index contributed by atoms with van der Waals surface area (Å²) in [6.07, 6.45) is 1.23. The number of carboxylic acid groups (broad SMARTS) is 1. The van der Waals surface area contributed by atoms with Gasteiger partial charge in [0.05, 0.1) is 11.5 Å². The average molecular weight is 297 g/mol. The SMILES string of the molecule is O=C(O)CCCN(c1ccccc1)C1CCS(=O)(=O)C1. The molecule has 1 aliphatic heterocycles. The molecule has 0 aliphatic carbocycles. The van der Waals surface area contributed by atoms with Crippen LogP contribution in [0.15, 0.2) is 30.3 Å². The Labute approximate surface area is 119 Å². The highest BCUT2D eigenvalue weighted by Gasteiger charge is 2.32. The van der Waals surface area contributed by atoms with Crippen LogP contribution in [-0.4, -0.2) is 43.6 Å². The number of anilines is 1. The second-order valence-corrected chi connectivity index (χ2v) is 7.31. The van der Waals surface area contributed by atoms with E-state index in [1.54, 1.807) is 0 Å². The zero-order chi connectivity index (χ0) is 14.6. The van der Waals surface area contributed by atoms with Crippen molar-refractivity contribution in [2.45, 2.75) is 25.3 Å². The van der Waals surface area contributed by atoms with Crippen LogP contribution in [0.5, 0.6) is 0 Å². The van der Waals surface area contributed by atoms with Gasteiger partial charge < -0.3 is 10.0 Å². The Balaban J connectivity index is 2.10. The summed E-state index contributed by atoms with van der Waals surface area (Å²) >= 11 is 0. The van der Waals surface area contributed by atoms with E-state index >= 15 is 0 Å². The van der Waals surface area contributed by atoms with Crippen molar-refractivity contribution < 1.29 is 18.3 Å². The van der Waals surface area contributed by atoms with Crippen LogP contribution in [0.4, 0.5) is 5.69 Å². The molecule has 1 fully saturated rings. The van der Waals surface area contributed by atoms with Gasteiger partial charge in [0.15, 0.2) is 9.84 Å². The topological polar surface area (TPSA) is 74.7 Å². The molecule has 1 N–H and O–H groups in total. The molecule has 0 bridgehead atoms. The first-order valence-electron chi connectivity index (χ1n) is 6.72. The van der Waals surface area contributed by atoms with Crippen molar-refractivity contribution in [1.29, 1.82) is 0 Å². The average Bonchev–Trinajstić information content (AvgIpc) is 2.75. The first-order valence-corrected chi connectivity index (χ1v) is 8.54. The molecule has 1 unspecified atom stereocenters. The van der Waals surface area contributed by atoms with Crippen molar-refractivity contribution >= 4 is 21.5 Å². The summed E-state index contributed by atoms with van der Waals surface area (Å²) in [6.45, 7) is 0.566. The van der Waals surface area contributed by atoms with Crippen LogP contribution in [0.25, 0.3) is 0 Å². The van der Waals surface area contributed by atoms with E-state index < -0.39 is 15.8 Å². The molecule has 0 radical (unpaired) electrons. The molecule has 2 rings (SSSR count). The number of carbonyl (C=O) groups is 1. The van der Waals surface area contributed by atoms with Crippen molar-refractivity contribution in [1.82, 2.24) is 0 Å². The van der Waals surface area contributed by atoms with Crippen LogP contribution in [0.1, 0.15) is 19.3 Å². The molecule has 0 amide bonds. The number of rotatable bonds is 6. The Morgan fingerprint density at radius 2 is 2.00 bits per heavy atom. The minimum atomic E-state index is -2.95. The minimum absolute atomic E-state index is 0.0452. The second kappa shape index (κ2) is 6.26. The maximum Gasteiger partial charge on any atom is 0.303 e. The monoisotopic (exact) mass is 297 g/mol. The third kappa shape index (κ3) is 3.96. The number of para-hydroxylation sites is 1. The number of nitrogens with zero attached hydrogens (tertiary/aromatic N) is 1. The highest BCUT2D eigenvalue weighted by atomic mass is 32.2. The van der Waals surface area contributed by atoms with Gasteiger partial charge in [0.2, 0.25) is 0 Å². The maximum absolute atomic E-state index is 11.6. The second-order valence-electron chi connectivity index (χ2n) is 5.08. The largest absolute Gasteiger partial charge is 0.481 e. The van der Waals surface area contributed by atoms with Crippen LogP contribution in [0, 0.1) is 0 Å². The number of aliphatic carboxylic acids is 1. The van der Waals surface area contributed by atoms with E-state index in [1.807, 2.05) is 35.2 Å². The summed E-state index contributed by atoms with van der Waals surface area (Å²) < 4.78 is 23.3. The lowest BCUT2D eigenvalue weighted by Crippen LogP contribution is -2.37. The molecule has 0 saturated carbocycles. The van der Waals surface area contributed by atoms with E-state index in [2.05, 4.69) is 0 Å². The van der Waals surface area contributed by atoms with Gasteiger partial charge in [-0.25, -0.2) is 8.42 Å². The lowest BCUT2D eigenvalue weighted by molar-refractivity contribution is -0.137. The van der Waals surface area contributed by atoms with Gasteiger partial charge in [-0.3, -0.25) is 4.79 Å². The van der Waals surface area contributed by atoms with Crippen molar-refractivity contribution in [2.75, 3.05) is 23.0 Å². The molecule has 1 saturated heterocycles. The van der Waals surface area contributed by atoms with Gasteiger partial charge in [0.1, 0.15) is 0 Å². The van der Waals surface area contributed by atoms with Crippen molar-refractivity contribution in [2.24, 2.45) is 0 Å². The van der Waals surface area contributed by atoms with E-state index in [9.17, 15) is 13.2 Å². The molecule has 1 aliphatic rings.